The Morgan fingerprint density at radius 2 is 1.34 bits per heavy atom. The van der Waals surface area contributed by atoms with E-state index in [4.69, 9.17) is 9.47 Å². The Morgan fingerprint density at radius 1 is 0.800 bits per heavy atom. The standard InChI is InChI=1S/C31H30O4/c1-7-8-9-25-20-24(22-10-15-27(16-11-22)35-30(33)31(4,5)6)14-19-28(25)23-12-17-26(18-13-23)34-29(32)21(2)3/h7-20H,1-2H2,3-6H3/b9-8+. The topological polar surface area (TPSA) is 52.6 Å². The molecule has 178 valence electrons. The van der Waals surface area contributed by atoms with Crippen molar-refractivity contribution in [1.82, 2.24) is 0 Å². The highest BCUT2D eigenvalue weighted by Crippen LogP contribution is 2.32. The molecule has 3 aromatic rings. The van der Waals surface area contributed by atoms with E-state index in [9.17, 15) is 9.59 Å². The van der Waals surface area contributed by atoms with Crippen LogP contribution in [0.5, 0.6) is 11.5 Å². The average molecular weight is 467 g/mol. The highest BCUT2D eigenvalue weighted by Gasteiger charge is 2.23. The second-order valence-electron chi connectivity index (χ2n) is 9.25. The van der Waals surface area contributed by atoms with Crippen molar-refractivity contribution in [3.63, 3.8) is 0 Å². The first-order valence-electron chi connectivity index (χ1n) is 11.3. The van der Waals surface area contributed by atoms with Gasteiger partial charge in [0.05, 0.1) is 5.41 Å². The van der Waals surface area contributed by atoms with Crippen molar-refractivity contribution in [2.24, 2.45) is 5.41 Å². The summed E-state index contributed by atoms with van der Waals surface area (Å²) in [7, 11) is 0. The molecule has 4 nitrogen and oxygen atoms in total. The van der Waals surface area contributed by atoms with E-state index in [2.05, 4.69) is 25.3 Å². The molecule has 0 aliphatic rings. The van der Waals surface area contributed by atoms with E-state index in [0.717, 1.165) is 27.8 Å². The van der Waals surface area contributed by atoms with Crippen LogP contribution in [0.15, 0.2) is 97.6 Å². The third-order valence-corrected chi connectivity index (χ3v) is 5.20. The number of ether oxygens (including phenoxy) is 2. The minimum Gasteiger partial charge on any atom is -0.426 e. The van der Waals surface area contributed by atoms with Gasteiger partial charge in [0.2, 0.25) is 0 Å². The molecule has 0 spiro atoms. The number of esters is 2. The largest absolute Gasteiger partial charge is 0.426 e. The summed E-state index contributed by atoms with van der Waals surface area (Å²) in [4.78, 5) is 23.9. The van der Waals surface area contributed by atoms with Crippen LogP contribution in [0.25, 0.3) is 28.3 Å². The molecule has 0 aliphatic heterocycles. The fraction of sp³-hybridized carbons (Fsp3) is 0.161. The van der Waals surface area contributed by atoms with Crippen LogP contribution in [-0.2, 0) is 9.59 Å². The molecule has 0 heterocycles. The van der Waals surface area contributed by atoms with E-state index in [1.807, 2.05) is 63.3 Å². The zero-order valence-corrected chi connectivity index (χ0v) is 20.6. The summed E-state index contributed by atoms with van der Waals surface area (Å²) in [5.74, 6) is 0.265. The van der Waals surface area contributed by atoms with Crippen molar-refractivity contribution in [2.45, 2.75) is 27.7 Å². The molecule has 0 saturated heterocycles. The molecule has 35 heavy (non-hydrogen) atoms. The molecule has 0 fully saturated rings. The number of rotatable bonds is 7. The molecule has 0 aliphatic carbocycles. The maximum absolute atomic E-state index is 12.1. The molecular weight excluding hydrogens is 436 g/mol. The Hall–Kier alpha value is -4.18. The molecule has 0 aromatic heterocycles. The monoisotopic (exact) mass is 466 g/mol. The van der Waals surface area contributed by atoms with Gasteiger partial charge in [-0.2, -0.15) is 0 Å². The van der Waals surface area contributed by atoms with Gasteiger partial charge in [0.15, 0.2) is 0 Å². The summed E-state index contributed by atoms with van der Waals surface area (Å²) in [6, 6.07) is 21.0. The fourth-order valence-electron chi connectivity index (χ4n) is 3.19. The van der Waals surface area contributed by atoms with Crippen molar-refractivity contribution in [3.8, 4) is 33.8 Å². The number of allylic oxidation sites excluding steroid dienone is 2. The van der Waals surface area contributed by atoms with Gasteiger partial charge in [0.1, 0.15) is 11.5 Å². The van der Waals surface area contributed by atoms with Crippen molar-refractivity contribution in [1.29, 1.82) is 0 Å². The predicted molar refractivity (Wildman–Crippen MR) is 142 cm³/mol. The average Bonchev–Trinajstić information content (AvgIpc) is 2.83. The number of benzene rings is 3. The third kappa shape index (κ3) is 6.67. The molecule has 4 heteroatoms. The lowest BCUT2D eigenvalue weighted by atomic mass is 9.94. The third-order valence-electron chi connectivity index (χ3n) is 5.20. The van der Waals surface area contributed by atoms with Gasteiger partial charge in [-0.3, -0.25) is 4.79 Å². The first-order chi connectivity index (χ1) is 16.6. The van der Waals surface area contributed by atoms with Crippen LogP contribution in [-0.4, -0.2) is 11.9 Å². The van der Waals surface area contributed by atoms with Crippen LogP contribution in [0.2, 0.25) is 0 Å². The summed E-state index contributed by atoms with van der Waals surface area (Å²) >= 11 is 0. The van der Waals surface area contributed by atoms with Crippen molar-refractivity contribution in [3.05, 3.63) is 103 Å². The van der Waals surface area contributed by atoms with E-state index >= 15 is 0 Å². The van der Waals surface area contributed by atoms with Gasteiger partial charge in [-0.05, 0) is 85.8 Å². The van der Waals surface area contributed by atoms with Gasteiger partial charge in [-0.15, -0.1) is 0 Å². The SMILES string of the molecule is C=C/C=C/c1cc(-c2ccc(OC(=O)C(C)(C)C)cc2)ccc1-c1ccc(OC(=O)C(=C)C)cc1. The van der Waals surface area contributed by atoms with Gasteiger partial charge < -0.3 is 9.47 Å². The van der Waals surface area contributed by atoms with E-state index in [1.165, 1.54) is 0 Å². The van der Waals surface area contributed by atoms with Crippen molar-refractivity contribution >= 4 is 18.0 Å². The van der Waals surface area contributed by atoms with Gasteiger partial charge in [0, 0.05) is 5.57 Å². The molecule has 0 radical (unpaired) electrons. The first-order valence-corrected chi connectivity index (χ1v) is 11.3. The van der Waals surface area contributed by atoms with Gasteiger partial charge >= 0.3 is 11.9 Å². The van der Waals surface area contributed by atoms with Gasteiger partial charge in [-0.1, -0.05) is 67.8 Å². The van der Waals surface area contributed by atoms with Crippen LogP contribution in [0.3, 0.4) is 0 Å². The first kappa shape index (κ1) is 25.4. The zero-order valence-electron chi connectivity index (χ0n) is 20.6. The van der Waals surface area contributed by atoms with Gasteiger partial charge in [-0.25, -0.2) is 4.79 Å². The summed E-state index contributed by atoms with van der Waals surface area (Å²) in [5, 5.41) is 0. The fourth-order valence-corrected chi connectivity index (χ4v) is 3.19. The molecule has 3 aromatic carbocycles. The minimum absolute atomic E-state index is 0.271. The van der Waals surface area contributed by atoms with E-state index in [0.29, 0.717) is 17.1 Å². The molecular formula is C31H30O4. The molecule has 0 saturated carbocycles. The Bertz CT molecular complexity index is 1270. The van der Waals surface area contributed by atoms with Crippen LogP contribution in [0, 0.1) is 5.41 Å². The maximum Gasteiger partial charge on any atom is 0.338 e. The Morgan fingerprint density at radius 3 is 1.89 bits per heavy atom. The summed E-state index contributed by atoms with van der Waals surface area (Å²) < 4.78 is 10.8. The zero-order chi connectivity index (χ0) is 25.6. The molecule has 3 rings (SSSR count). The molecule has 0 atom stereocenters. The quantitative estimate of drug-likeness (QED) is 0.155. The van der Waals surface area contributed by atoms with Crippen LogP contribution in [0.1, 0.15) is 33.3 Å². The molecule has 0 bridgehead atoms. The lowest BCUT2D eigenvalue weighted by molar-refractivity contribution is -0.143. The highest BCUT2D eigenvalue weighted by atomic mass is 16.5. The predicted octanol–water partition coefficient (Wildman–Crippen LogP) is 7.65. The Balaban J connectivity index is 1.88. The molecule has 0 N–H and O–H groups in total. The summed E-state index contributed by atoms with van der Waals surface area (Å²) in [6.07, 6.45) is 5.62. The number of hydrogen-bond acceptors (Lipinski definition) is 4. The van der Waals surface area contributed by atoms with Crippen LogP contribution in [0.4, 0.5) is 0 Å². The van der Waals surface area contributed by atoms with Crippen LogP contribution < -0.4 is 9.47 Å². The Labute approximate surface area is 207 Å². The van der Waals surface area contributed by atoms with E-state index in [1.54, 1.807) is 37.3 Å². The normalized spacial score (nSPS) is 11.2. The number of hydrogen-bond donors (Lipinski definition) is 0. The van der Waals surface area contributed by atoms with E-state index < -0.39 is 11.4 Å². The minimum atomic E-state index is -0.564. The second-order valence-corrected chi connectivity index (χ2v) is 9.25. The molecule has 0 amide bonds. The number of carbonyl (C=O) groups excluding carboxylic acids is 2. The van der Waals surface area contributed by atoms with Crippen LogP contribution >= 0.6 is 0 Å². The molecule has 0 unspecified atom stereocenters. The maximum atomic E-state index is 12.1. The number of carbonyl (C=O) groups is 2. The van der Waals surface area contributed by atoms with Gasteiger partial charge in [0.25, 0.3) is 0 Å². The summed E-state index contributed by atoms with van der Waals surface area (Å²) in [5.41, 5.74) is 4.84. The van der Waals surface area contributed by atoms with E-state index in [-0.39, 0.29) is 5.97 Å². The smallest absolute Gasteiger partial charge is 0.338 e. The lowest BCUT2D eigenvalue weighted by Gasteiger charge is -2.16. The second kappa shape index (κ2) is 10.8. The van der Waals surface area contributed by atoms with Crippen molar-refractivity contribution < 1.29 is 19.1 Å². The van der Waals surface area contributed by atoms with Crippen molar-refractivity contribution in [2.75, 3.05) is 0 Å². The summed E-state index contributed by atoms with van der Waals surface area (Å²) in [6.45, 7) is 14.5. The Kier molecular flexibility index (Phi) is 7.87. The lowest BCUT2D eigenvalue weighted by Crippen LogP contribution is -2.25. The highest BCUT2D eigenvalue weighted by molar-refractivity contribution is 5.89.